The summed E-state index contributed by atoms with van der Waals surface area (Å²) in [6.45, 7) is 6.96. The van der Waals surface area contributed by atoms with Crippen molar-refractivity contribution in [3.63, 3.8) is 0 Å². The van der Waals surface area contributed by atoms with Crippen LogP contribution >= 0.6 is 0 Å². The summed E-state index contributed by atoms with van der Waals surface area (Å²) < 4.78 is 17.0. The molecule has 2 bridgehead atoms. The van der Waals surface area contributed by atoms with Gasteiger partial charge in [-0.2, -0.15) is 0 Å². The molecule has 7 heteroatoms. The average molecular weight is 430 g/mol. The number of hydrogen-bond acceptors (Lipinski definition) is 7. The summed E-state index contributed by atoms with van der Waals surface area (Å²) in [6, 6.07) is 8.65. The molecule has 1 N–H and O–H groups in total. The van der Waals surface area contributed by atoms with Gasteiger partial charge in [-0.1, -0.05) is 39.0 Å². The van der Waals surface area contributed by atoms with E-state index in [0.29, 0.717) is 18.4 Å². The molecule has 1 heterocycles. The number of fused-ring (bicyclic) bond motifs is 1. The van der Waals surface area contributed by atoms with Crippen LogP contribution in [0, 0.1) is 22.7 Å². The lowest BCUT2D eigenvalue weighted by Crippen LogP contribution is -2.73. The van der Waals surface area contributed by atoms with Crippen LogP contribution in [0.2, 0.25) is 0 Å². The largest absolute Gasteiger partial charge is 0.462 e. The van der Waals surface area contributed by atoms with Gasteiger partial charge in [-0.3, -0.25) is 9.59 Å². The lowest BCUT2D eigenvalue weighted by Gasteiger charge is -2.64. The van der Waals surface area contributed by atoms with E-state index in [1.54, 1.807) is 24.3 Å². The van der Waals surface area contributed by atoms with Gasteiger partial charge in [0.15, 0.2) is 0 Å². The molecule has 1 aliphatic heterocycles. The maximum atomic E-state index is 12.7. The van der Waals surface area contributed by atoms with E-state index in [1.165, 1.54) is 6.92 Å². The molecule has 2 aliphatic carbocycles. The van der Waals surface area contributed by atoms with E-state index in [0.717, 1.165) is 0 Å². The number of esters is 3. The summed E-state index contributed by atoms with van der Waals surface area (Å²) in [6.07, 6.45) is -0.216. The molecule has 3 aliphatic rings. The first-order chi connectivity index (χ1) is 14.5. The summed E-state index contributed by atoms with van der Waals surface area (Å²) in [5.74, 6) is -1.72. The molecule has 7 atom stereocenters. The van der Waals surface area contributed by atoms with Crippen LogP contribution in [0.3, 0.4) is 0 Å². The van der Waals surface area contributed by atoms with E-state index in [9.17, 15) is 19.5 Å². The highest BCUT2D eigenvalue weighted by Gasteiger charge is 2.78. The summed E-state index contributed by atoms with van der Waals surface area (Å²) in [5.41, 5.74) is -2.93. The molecular weight excluding hydrogens is 400 g/mol. The Morgan fingerprint density at radius 3 is 2.55 bits per heavy atom. The van der Waals surface area contributed by atoms with Gasteiger partial charge in [0, 0.05) is 23.7 Å². The molecule has 1 aromatic rings. The normalized spacial score (nSPS) is 41.1. The molecule has 0 radical (unpaired) electrons. The quantitative estimate of drug-likeness (QED) is 0.579. The van der Waals surface area contributed by atoms with Crippen LogP contribution < -0.4 is 0 Å². The Balaban J connectivity index is 1.74. The first-order valence-electron chi connectivity index (χ1n) is 10.9. The minimum absolute atomic E-state index is 0.0495. The number of carbonyl (C=O) groups is 3. The smallest absolute Gasteiger partial charge is 0.338 e. The third-order valence-corrected chi connectivity index (χ3v) is 8.30. The Kier molecular flexibility index (Phi) is 5.16. The van der Waals surface area contributed by atoms with Crippen molar-refractivity contribution in [3.8, 4) is 0 Å². The maximum Gasteiger partial charge on any atom is 0.338 e. The summed E-state index contributed by atoms with van der Waals surface area (Å²) in [7, 11) is 0. The molecular formula is C24H30O7. The van der Waals surface area contributed by atoms with Crippen molar-refractivity contribution in [3.05, 3.63) is 35.9 Å². The molecule has 2 saturated carbocycles. The van der Waals surface area contributed by atoms with Crippen molar-refractivity contribution in [1.82, 2.24) is 0 Å². The van der Waals surface area contributed by atoms with Gasteiger partial charge in [-0.05, 0) is 30.9 Å². The van der Waals surface area contributed by atoms with Crippen molar-refractivity contribution in [2.45, 2.75) is 64.8 Å². The zero-order valence-electron chi connectivity index (χ0n) is 18.4. The summed E-state index contributed by atoms with van der Waals surface area (Å²) >= 11 is 0. The highest BCUT2D eigenvalue weighted by Crippen LogP contribution is 2.69. The van der Waals surface area contributed by atoms with E-state index in [-0.39, 0.29) is 30.8 Å². The first kappa shape index (κ1) is 21.8. The Morgan fingerprint density at radius 1 is 1.23 bits per heavy atom. The lowest BCUT2D eigenvalue weighted by molar-refractivity contribution is -0.293. The molecule has 0 unspecified atom stereocenters. The fourth-order valence-corrected chi connectivity index (χ4v) is 6.44. The molecule has 7 nitrogen and oxygen atoms in total. The highest BCUT2D eigenvalue weighted by atomic mass is 16.6. The predicted octanol–water partition coefficient (Wildman–Crippen LogP) is 2.89. The zero-order chi connectivity index (χ0) is 22.6. The van der Waals surface area contributed by atoms with Gasteiger partial charge in [0.05, 0.1) is 12.0 Å². The van der Waals surface area contributed by atoms with E-state index in [2.05, 4.69) is 0 Å². The molecule has 0 amide bonds. The molecule has 1 spiro atoms. The van der Waals surface area contributed by atoms with Gasteiger partial charge in [-0.15, -0.1) is 0 Å². The highest BCUT2D eigenvalue weighted by molar-refractivity contribution is 5.89. The Labute approximate surface area is 182 Å². The molecule has 0 aromatic heterocycles. The number of ether oxygens (including phenoxy) is 3. The monoisotopic (exact) mass is 430 g/mol. The van der Waals surface area contributed by atoms with Crippen molar-refractivity contribution in [2.24, 2.45) is 22.7 Å². The van der Waals surface area contributed by atoms with Crippen LogP contribution in [0.4, 0.5) is 0 Å². The van der Waals surface area contributed by atoms with Crippen LogP contribution in [-0.4, -0.2) is 47.4 Å². The minimum atomic E-state index is -1.54. The molecule has 31 heavy (non-hydrogen) atoms. The van der Waals surface area contributed by atoms with Crippen LogP contribution in [0.25, 0.3) is 0 Å². The van der Waals surface area contributed by atoms with Crippen molar-refractivity contribution in [2.75, 3.05) is 6.61 Å². The first-order valence-corrected chi connectivity index (χ1v) is 10.9. The zero-order valence-corrected chi connectivity index (χ0v) is 18.4. The van der Waals surface area contributed by atoms with Gasteiger partial charge in [0.2, 0.25) is 0 Å². The summed E-state index contributed by atoms with van der Waals surface area (Å²) in [5, 5.41) is 12.4. The van der Waals surface area contributed by atoms with Crippen molar-refractivity contribution < 1.29 is 33.7 Å². The van der Waals surface area contributed by atoms with Crippen LogP contribution in [0.15, 0.2) is 30.3 Å². The third kappa shape index (κ3) is 3.00. The number of aliphatic hydroxyl groups is 1. The molecule has 4 rings (SSSR count). The minimum Gasteiger partial charge on any atom is -0.462 e. The fourth-order valence-electron chi connectivity index (χ4n) is 6.44. The van der Waals surface area contributed by atoms with Gasteiger partial charge in [-0.25, -0.2) is 4.79 Å². The van der Waals surface area contributed by atoms with Gasteiger partial charge in [0.25, 0.3) is 0 Å². The van der Waals surface area contributed by atoms with E-state index >= 15 is 0 Å². The topological polar surface area (TPSA) is 99.1 Å². The number of hydrogen-bond donors (Lipinski definition) is 1. The summed E-state index contributed by atoms with van der Waals surface area (Å²) in [4.78, 5) is 37.1. The van der Waals surface area contributed by atoms with Gasteiger partial charge >= 0.3 is 17.9 Å². The second-order valence-corrected chi connectivity index (χ2v) is 9.71. The maximum absolute atomic E-state index is 12.7. The molecule has 3 fully saturated rings. The van der Waals surface area contributed by atoms with Gasteiger partial charge in [0.1, 0.15) is 24.4 Å². The SMILES string of the molecule is CC(=O)O[C@H]1C[C@@H](C)[C@]23CC(=O)O[C@@H](C2)[C@@H](C)[C@@](C)(COC(=O)c2ccccc2)[C@@]13O. The Bertz CT molecular complexity index is 898. The molecule has 1 saturated heterocycles. The fraction of sp³-hybridized carbons (Fsp3) is 0.625. The number of carbonyl (C=O) groups excluding carboxylic acids is 3. The van der Waals surface area contributed by atoms with Crippen molar-refractivity contribution >= 4 is 17.9 Å². The van der Waals surface area contributed by atoms with Crippen LogP contribution in [-0.2, 0) is 23.8 Å². The molecule has 168 valence electrons. The van der Waals surface area contributed by atoms with E-state index < -0.39 is 40.6 Å². The van der Waals surface area contributed by atoms with Crippen LogP contribution in [0.1, 0.15) is 57.3 Å². The lowest BCUT2D eigenvalue weighted by atomic mass is 9.46. The Hall–Kier alpha value is -2.41. The second-order valence-electron chi connectivity index (χ2n) is 9.71. The third-order valence-electron chi connectivity index (χ3n) is 8.30. The van der Waals surface area contributed by atoms with Gasteiger partial charge < -0.3 is 19.3 Å². The molecule has 1 aromatic carbocycles. The second kappa shape index (κ2) is 7.33. The number of benzene rings is 1. The standard InChI is InChI=1S/C24H30O7/c1-14-10-19(30-16(3)25)24(28)22(4,13-29-21(27)17-8-6-5-7-9-17)15(2)18-11-23(14,24)12-20(26)31-18/h5-9,14-15,18-19,28H,10-13H2,1-4H3/t14-,15-,18+,19+,22-,23-,24+/m1/s1. The predicted molar refractivity (Wildman–Crippen MR) is 110 cm³/mol. The average Bonchev–Trinajstić information content (AvgIpc) is 2.92. The Morgan fingerprint density at radius 2 is 1.90 bits per heavy atom. The van der Waals surface area contributed by atoms with Crippen molar-refractivity contribution in [1.29, 1.82) is 0 Å². The number of rotatable bonds is 4. The van der Waals surface area contributed by atoms with Crippen LogP contribution in [0.5, 0.6) is 0 Å². The van der Waals surface area contributed by atoms with E-state index in [4.69, 9.17) is 14.2 Å². The van der Waals surface area contributed by atoms with E-state index in [1.807, 2.05) is 26.8 Å².